The summed E-state index contributed by atoms with van der Waals surface area (Å²) in [6, 6.07) is 0.551. The van der Waals surface area contributed by atoms with E-state index < -0.39 is 0 Å². The fourth-order valence-electron chi connectivity index (χ4n) is 0.881. The maximum atomic E-state index is 5.53. The largest absolute Gasteiger partial charge is 0.313 e. The van der Waals surface area contributed by atoms with Crippen molar-refractivity contribution < 1.29 is 0 Å². The predicted octanol–water partition coefficient (Wildman–Crippen LogP) is 0.209. The number of nitrogens with one attached hydrogen (secondary N) is 1. The van der Waals surface area contributed by atoms with Gasteiger partial charge in [-0.1, -0.05) is 12.2 Å². The van der Waals surface area contributed by atoms with Gasteiger partial charge in [-0.05, 0) is 13.3 Å². The quantitative estimate of drug-likeness (QED) is 0.440. The van der Waals surface area contributed by atoms with Gasteiger partial charge in [-0.15, -0.1) is 0 Å². The molecule has 0 aromatic rings. The van der Waals surface area contributed by atoms with Crippen LogP contribution in [0, 0.1) is 0 Å². The molecule has 0 fully saturated rings. The third-order valence-electron chi connectivity index (χ3n) is 1.31. The van der Waals surface area contributed by atoms with Gasteiger partial charge in [-0.25, -0.2) is 0 Å². The van der Waals surface area contributed by atoms with Gasteiger partial charge >= 0.3 is 0 Å². The van der Waals surface area contributed by atoms with Crippen LogP contribution in [-0.4, -0.2) is 12.2 Å². The Morgan fingerprint density at radius 1 is 1.75 bits per heavy atom. The summed E-state index contributed by atoms with van der Waals surface area (Å²) in [5.41, 5.74) is 5.53. The molecule has 2 unspecified atom stereocenters. The summed E-state index contributed by atoms with van der Waals surface area (Å²) in [4.78, 5) is 0. The van der Waals surface area contributed by atoms with Gasteiger partial charge in [0.25, 0.3) is 0 Å². The lowest BCUT2D eigenvalue weighted by Gasteiger charge is -2.19. The highest BCUT2D eigenvalue weighted by molar-refractivity contribution is 4.97. The van der Waals surface area contributed by atoms with E-state index in [1.165, 1.54) is 0 Å². The van der Waals surface area contributed by atoms with E-state index in [1.54, 1.807) is 0 Å². The molecule has 2 nitrogen and oxygen atoms in total. The van der Waals surface area contributed by atoms with Crippen molar-refractivity contribution in [2.75, 3.05) is 0 Å². The Kier molecular flexibility index (Phi) is 1.65. The highest BCUT2D eigenvalue weighted by Gasteiger charge is 2.06. The van der Waals surface area contributed by atoms with E-state index in [-0.39, 0.29) is 6.17 Å². The lowest BCUT2D eigenvalue weighted by atomic mass is 10.1. The molecule has 0 amide bonds. The number of rotatable bonds is 0. The number of hydrogen-bond donors (Lipinski definition) is 2. The molecular weight excluding hydrogens is 100 g/mol. The van der Waals surface area contributed by atoms with E-state index in [4.69, 9.17) is 5.73 Å². The topological polar surface area (TPSA) is 38.0 Å². The summed E-state index contributed by atoms with van der Waals surface area (Å²) in [6.07, 6.45) is 5.29. The smallest absolute Gasteiger partial charge is 0.0740 e. The van der Waals surface area contributed by atoms with E-state index in [2.05, 4.69) is 18.3 Å². The van der Waals surface area contributed by atoms with Crippen LogP contribution in [0.5, 0.6) is 0 Å². The lowest BCUT2D eigenvalue weighted by Crippen LogP contribution is -2.43. The van der Waals surface area contributed by atoms with Gasteiger partial charge in [0.15, 0.2) is 0 Å². The molecule has 0 aromatic carbocycles. The van der Waals surface area contributed by atoms with E-state index in [0.29, 0.717) is 6.04 Å². The Hall–Kier alpha value is -0.340. The summed E-state index contributed by atoms with van der Waals surface area (Å²) in [5.74, 6) is 0. The predicted molar refractivity (Wildman–Crippen MR) is 34.3 cm³/mol. The Morgan fingerprint density at radius 3 is 2.88 bits per heavy atom. The molecule has 1 aliphatic heterocycles. The molecule has 0 saturated carbocycles. The van der Waals surface area contributed by atoms with Gasteiger partial charge < -0.3 is 5.73 Å². The van der Waals surface area contributed by atoms with Gasteiger partial charge in [0.05, 0.1) is 6.17 Å². The van der Waals surface area contributed by atoms with Gasteiger partial charge in [-0.3, -0.25) is 5.32 Å². The summed E-state index contributed by atoms with van der Waals surface area (Å²) >= 11 is 0. The Bertz CT molecular complexity index is 98.7. The van der Waals surface area contributed by atoms with E-state index in [9.17, 15) is 0 Å². The van der Waals surface area contributed by atoms with Crippen LogP contribution in [0.2, 0.25) is 0 Å². The van der Waals surface area contributed by atoms with Gasteiger partial charge in [0, 0.05) is 6.04 Å². The molecule has 1 heterocycles. The Labute approximate surface area is 49.8 Å². The van der Waals surface area contributed by atoms with Crippen LogP contribution in [0.3, 0.4) is 0 Å². The van der Waals surface area contributed by atoms with Crippen molar-refractivity contribution in [3.63, 3.8) is 0 Å². The SMILES string of the molecule is CC1CC=CC(N)N1. The zero-order valence-corrected chi connectivity index (χ0v) is 5.09. The molecule has 3 N–H and O–H groups in total. The first kappa shape index (κ1) is 5.79. The maximum Gasteiger partial charge on any atom is 0.0740 e. The second kappa shape index (κ2) is 2.29. The molecule has 0 bridgehead atoms. The molecule has 2 atom stereocenters. The Morgan fingerprint density at radius 2 is 2.50 bits per heavy atom. The maximum absolute atomic E-state index is 5.53. The third-order valence-corrected chi connectivity index (χ3v) is 1.31. The molecule has 1 aliphatic rings. The molecule has 2 heteroatoms. The first-order valence-corrected chi connectivity index (χ1v) is 2.97. The van der Waals surface area contributed by atoms with Gasteiger partial charge in [0.2, 0.25) is 0 Å². The van der Waals surface area contributed by atoms with Crippen LogP contribution in [0.25, 0.3) is 0 Å². The van der Waals surface area contributed by atoms with Crippen LogP contribution >= 0.6 is 0 Å². The third kappa shape index (κ3) is 1.32. The average molecular weight is 112 g/mol. The van der Waals surface area contributed by atoms with Crippen molar-refractivity contribution in [1.82, 2.24) is 5.32 Å². The highest BCUT2D eigenvalue weighted by atomic mass is 15.0. The average Bonchev–Trinajstić information content (AvgIpc) is 1.64. The number of hydrogen-bond acceptors (Lipinski definition) is 2. The minimum absolute atomic E-state index is 0.0822. The fourth-order valence-corrected chi connectivity index (χ4v) is 0.881. The zero-order chi connectivity index (χ0) is 5.98. The van der Waals surface area contributed by atoms with Crippen molar-refractivity contribution >= 4 is 0 Å². The Balaban J connectivity index is 2.42. The molecule has 0 spiro atoms. The summed E-state index contributed by atoms with van der Waals surface area (Å²) in [6.45, 7) is 2.13. The molecule has 46 valence electrons. The molecule has 1 rings (SSSR count). The zero-order valence-electron chi connectivity index (χ0n) is 5.09. The summed E-state index contributed by atoms with van der Waals surface area (Å²) in [5, 5.41) is 3.17. The molecule has 0 aliphatic carbocycles. The van der Waals surface area contributed by atoms with Crippen LogP contribution in [-0.2, 0) is 0 Å². The second-order valence-corrected chi connectivity index (χ2v) is 2.26. The second-order valence-electron chi connectivity index (χ2n) is 2.26. The van der Waals surface area contributed by atoms with Gasteiger partial charge in [0.1, 0.15) is 0 Å². The van der Waals surface area contributed by atoms with Crippen LogP contribution in [0.1, 0.15) is 13.3 Å². The van der Waals surface area contributed by atoms with E-state index >= 15 is 0 Å². The standard InChI is InChI=1S/C6H12N2/c1-5-3-2-4-6(7)8-5/h2,4-6,8H,3,7H2,1H3. The minimum Gasteiger partial charge on any atom is -0.313 e. The minimum atomic E-state index is 0.0822. The van der Waals surface area contributed by atoms with Crippen molar-refractivity contribution in [2.24, 2.45) is 5.73 Å². The first-order valence-electron chi connectivity index (χ1n) is 2.97. The summed E-state index contributed by atoms with van der Waals surface area (Å²) in [7, 11) is 0. The molecular formula is C6H12N2. The monoisotopic (exact) mass is 112 g/mol. The van der Waals surface area contributed by atoms with Crippen molar-refractivity contribution in [2.45, 2.75) is 25.6 Å². The lowest BCUT2D eigenvalue weighted by molar-refractivity contribution is 0.487. The summed E-state index contributed by atoms with van der Waals surface area (Å²) < 4.78 is 0. The fraction of sp³-hybridized carbons (Fsp3) is 0.667. The van der Waals surface area contributed by atoms with Crippen LogP contribution < -0.4 is 11.1 Å². The molecule has 0 aromatic heterocycles. The van der Waals surface area contributed by atoms with Crippen molar-refractivity contribution in [3.05, 3.63) is 12.2 Å². The number of nitrogens with two attached hydrogens (primary N) is 1. The molecule has 8 heavy (non-hydrogen) atoms. The normalized spacial score (nSPS) is 37.8. The van der Waals surface area contributed by atoms with Crippen molar-refractivity contribution in [3.8, 4) is 0 Å². The van der Waals surface area contributed by atoms with E-state index in [0.717, 1.165) is 6.42 Å². The van der Waals surface area contributed by atoms with Crippen LogP contribution in [0.4, 0.5) is 0 Å². The highest BCUT2D eigenvalue weighted by Crippen LogP contribution is 1.98. The van der Waals surface area contributed by atoms with E-state index in [1.807, 2.05) is 6.08 Å². The van der Waals surface area contributed by atoms with Gasteiger partial charge in [-0.2, -0.15) is 0 Å². The molecule has 0 radical (unpaired) electrons. The van der Waals surface area contributed by atoms with Crippen molar-refractivity contribution in [1.29, 1.82) is 0 Å². The van der Waals surface area contributed by atoms with Crippen LogP contribution in [0.15, 0.2) is 12.2 Å². The molecule has 0 saturated heterocycles. The first-order chi connectivity index (χ1) is 3.79.